The van der Waals surface area contributed by atoms with Crippen LogP contribution in [0.1, 0.15) is 26.3 Å². The van der Waals surface area contributed by atoms with E-state index in [1.165, 1.54) is 0 Å². The van der Waals surface area contributed by atoms with Gasteiger partial charge in [-0.25, -0.2) is 4.79 Å². The zero-order valence-corrected chi connectivity index (χ0v) is 9.32. The number of rotatable bonds is 3. The third-order valence-electron chi connectivity index (χ3n) is 2.07. The highest BCUT2D eigenvalue weighted by Crippen LogP contribution is 2.24. The second-order valence-electron chi connectivity index (χ2n) is 3.66. The highest BCUT2D eigenvalue weighted by molar-refractivity contribution is 5.60. The van der Waals surface area contributed by atoms with Gasteiger partial charge in [-0.2, -0.15) is 0 Å². The van der Waals surface area contributed by atoms with Crippen molar-refractivity contribution < 1.29 is 14.3 Å². The van der Waals surface area contributed by atoms with E-state index in [0.29, 0.717) is 6.61 Å². The number of hydrogen-bond donors (Lipinski definition) is 0. The maximum absolute atomic E-state index is 11.2. The van der Waals surface area contributed by atoms with Crippen LogP contribution in [0, 0.1) is 0 Å². The molecule has 1 aromatic carbocycles. The molecule has 0 saturated heterocycles. The van der Waals surface area contributed by atoms with Gasteiger partial charge in [-0.1, -0.05) is 30.3 Å². The van der Waals surface area contributed by atoms with Gasteiger partial charge >= 0.3 is 6.16 Å². The summed E-state index contributed by atoms with van der Waals surface area (Å²) >= 11 is 0. The van der Waals surface area contributed by atoms with Gasteiger partial charge in [-0.15, -0.1) is 0 Å². The summed E-state index contributed by atoms with van der Waals surface area (Å²) in [5.74, 6) is 0. The quantitative estimate of drug-likeness (QED) is 0.716. The van der Waals surface area contributed by atoms with Crippen LogP contribution in [-0.2, 0) is 15.1 Å². The third kappa shape index (κ3) is 3.27. The Hall–Kier alpha value is -1.51. The molecule has 0 bridgehead atoms. The Labute approximate surface area is 90.0 Å². The zero-order chi connectivity index (χ0) is 11.3. The van der Waals surface area contributed by atoms with Gasteiger partial charge in [-0.05, 0) is 26.3 Å². The third-order valence-corrected chi connectivity index (χ3v) is 2.07. The number of ether oxygens (including phenoxy) is 2. The maximum Gasteiger partial charge on any atom is 0.509 e. The SMILES string of the molecule is CCOC(=O)OC(C)(C)c1ccccc1. The molecule has 3 nitrogen and oxygen atoms in total. The van der Waals surface area contributed by atoms with Crippen LogP contribution in [0.2, 0.25) is 0 Å². The molecule has 1 aromatic rings. The Bertz CT molecular complexity index is 317. The van der Waals surface area contributed by atoms with Crippen molar-refractivity contribution in [1.82, 2.24) is 0 Å². The minimum atomic E-state index is -0.659. The van der Waals surface area contributed by atoms with E-state index < -0.39 is 11.8 Å². The first-order valence-corrected chi connectivity index (χ1v) is 4.97. The molecular weight excluding hydrogens is 192 g/mol. The molecule has 0 fully saturated rings. The largest absolute Gasteiger partial charge is 0.509 e. The van der Waals surface area contributed by atoms with Crippen molar-refractivity contribution in [2.45, 2.75) is 26.4 Å². The normalized spacial score (nSPS) is 10.9. The second-order valence-corrected chi connectivity index (χ2v) is 3.66. The topological polar surface area (TPSA) is 35.5 Å². The zero-order valence-electron chi connectivity index (χ0n) is 9.32. The van der Waals surface area contributed by atoms with E-state index in [0.717, 1.165) is 5.56 Å². The van der Waals surface area contributed by atoms with E-state index >= 15 is 0 Å². The summed E-state index contributed by atoms with van der Waals surface area (Å²) in [6.45, 7) is 5.74. The average molecular weight is 208 g/mol. The predicted octanol–water partition coefficient (Wildman–Crippen LogP) is 3.09. The fourth-order valence-electron chi connectivity index (χ4n) is 1.25. The Morgan fingerprint density at radius 2 is 1.87 bits per heavy atom. The summed E-state index contributed by atoms with van der Waals surface area (Å²) in [6, 6.07) is 9.57. The summed E-state index contributed by atoms with van der Waals surface area (Å²) in [4.78, 5) is 11.2. The van der Waals surface area contributed by atoms with Crippen LogP contribution in [0.15, 0.2) is 30.3 Å². The van der Waals surface area contributed by atoms with Crippen molar-refractivity contribution in [3.05, 3.63) is 35.9 Å². The van der Waals surface area contributed by atoms with E-state index in [9.17, 15) is 4.79 Å². The van der Waals surface area contributed by atoms with Gasteiger partial charge in [0, 0.05) is 0 Å². The molecule has 0 atom stereocenters. The molecule has 15 heavy (non-hydrogen) atoms. The first-order chi connectivity index (χ1) is 7.06. The summed E-state index contributed by atoms with van der Waals surface area (Å²) < 4.78 is 9.94. The maximum atomic E-state index is 11.2. The molecule has 0 spiro atoms. The standard InChI is InChI=1S/C12H16O3/c1-4-14-11(13)15-12(2,3)10-8-6-5-7-9-10/h5-9H,4H2,1-3H3. The van der Waals surface area contributed by atoms with Gasteiger partial charge in [0.15, 0.2) is 0 Å². The van der Waals surface area contributed by atoms with E-state index in [4.69, 9.17) is 9.47 Å². The molecule has 0 aliphatic carbocycles. The van der Waals surface area contributed by atoms with Crippen LogP contribution in [0.3, 0.4) is 0 Å². The lowest BCUT2D eigenvalue weighted by molar-refractivity contribution is -0.0171. The fraction of sp³-hybridized carbons (Fsp3) is 0.417. The summed E-state index contributed by atoms with van der Waals surface area (Å²) in [7, 11) is 0. The molecule has 1 rings (SSSR count). The lowest BCUT2D eigenvalue weighted by Crippen LogP contribution is -2.26. The van der Waals surface area contributed by atoms with Crippen LogP contribution in [0.25, 0.3) is 0 Å². The molecule has 0 N–H and O–H groups in total. The second kappa shape index (κ2) is 4.82. The highest BCUT2D eigenvalue weighted by atomic mass is 16.7. The van der Waals surface area contributed by atoms with Crippen LogP contribution >= 0.6 is 0 Å². The van der Waals surface area contributed by atoms with Gasteiger partial charge in [0.1, 0.15) is 5.60 Å². The van der Waals surface area contributed by atoms with Gasteiger partial charge in [0.05, 0.1) is 6.61 Å². The van der Waals surface area contributed by atoms with Crippen molar-refractivity contribution in [3.63, 3.8) is 0 Å². The number of carbonyl (C=O) groups excluding carboxylic acids is 1. The predicted molar refractivity (Wildman–Crippen MR) is 57.6 cm³/mol. The average Bonchev–Trinajstić information content (AvgIpc) is 2.18. The summed E-state index contributed by atoms with van der Waals surface area (Å²) in [5.41, 5.74) is 0.283. The Balaban J connectivity index is 2.71. The Morgan fingerprint density at radius 3 is 2.40 bits per heavy atom. The summed E-state index contributed by atoms with van der Waals surface area (Å²) in [5, 5.41) is 0. The van der Waals surface area contributed by atoms with Gasteiger partial charge < -0.3 is 9.47 Å². The van der Waals surface area contributed by atoms with Crippen molar-refractivity contribution in [1.29, 1.82) is 0 Å². The summed E-state index contributed by atoms with van der Waals surface area (Å²) in [6.07, 6.45) is -0.633. The molecule has 0 radical (unpaired) electrons. The van der Waals surface area contributed by atoms with Gasteiger partial charge in [0.2, 0.25) is 0 Å². The lowest BCUT2D eigenvalue weighted by Gasteiger charge is -2.24. The van der Waals surface area contributed by atoms with Gasteiger partial charge in [0.25, 0.3) is 0 Å². The molecule has 0 aromatic heterocycles. The van der Waals surface area contributed by atoms with Crippen molar-refractivity contribution in [2.24, 2.45) is 0 Å². The molecule has 3 heteroatoms. The monoisotopic (exact) mass is 208 g/mol. The molecule has 0 amide bonds. The van der Waals surface area contributed by atoms with Crippen LogP contribution in [0.4, 0.5) is 4.79 Å². The van der Waals surface area contributed by atoms with Crippen molar-refractivity contribution in [3.8, 4) is 0 Å². The first-order valence-electron chi connectivity index (χ1n) is 4.97. The smallest absolute Gasteiger partial charge is 0.435 e. The molecule has 82 valence electrons. The number of hydrogen-bond acceptors (Lipinski definition) is 3. The van der Waals surface area contributed by atoms with Crippen molar-refractivity contribution >= 4 is 6.16 Å². The minimum Gasteiger partial charge on any atom is -0.435 e. The van der Waals surface area contributed by atoms with E-state index in [1.54, 1.807) is 6.92 Å². The van der Waals surface area contributed by atoms with Crippen LogP contribution < -0.4 is 0 Å². The molecule has 0 unspecified atom stereocenters. The lowest BCUT2D eigenvalue weighted by atomic mass is 9.98. The highest BCUT2D eigenvalue weighted by Gasteiger charge is 2.25. The molecule has 0 aliphatic heterocycles. The van der Waals surface area contributed by atoms with Crippen molar-refractivity contribution in [2.75, 3.05) is 6.61 Å². The molecular formula is C12H16O3. The Morgan fingerprint density at radius 1 is 1.27 bits per heavy atom. The van der Waals surface area contributed by atoms with E-state index in [2.05, 4.69) is 0 Å². The van der Waals surface area contributed by atoms with E-state index in [-0.39, 0.29) is 0 Å². The van der Waals surface area contributed by atoms with Crippen LogP contribution in [-0.4, -0.2) is 12.8 Å². The number of carbonyl (C=O) groups is 1. The Kier molecular flexibility index (Phi) is 3.72. The van der Waals surface area contributed by atoms with E-state index in [1.807, 2.05) is 44.2 Å². The molecule has 0 saturated carbocycles. The molecule has 0 aliphatic rings. The minimum absolute atomic E-state index is 0.323. The van der Waals surface area contributed by atoms with Gasteiger partial charge in [-0.3, -0.25) is 0 Å². The first kappa shape index (κ1) is 11.6. The fourth-order valence-corrected chi connectivity index (χ4v) is 1.25. The number of benzene rings is 1. The van der Waals surface area contributed by atoms with Crippen LogP contribution in [0.5, 0.6) is 0 Å². The molecule has 0 heterocycles.